The molecule has 1 N–H and O–H groups in total. The van der Waals surface area contributed by atoms with Crippen molar-refractivity contribution in [2.75, 3.05) is 0 Å². The summed E-state index contributed by atoms with van der Waals surface area (Å²) in [5, 5.41) is 14.3. The summed E-state index contributed by atoms with van der Waals surface area (Å²) in [7, 11) is 0. The molecule has 0 saturated heterocycles. The summed E-state index contributed by atoms with van der Waals surface area (Å²) in [6.45, 7) is 1.62. The van der Waals surface area contributed by atoms with Gasteiger partial charge < -0.3 is 5.32 Å². The maximum atomic E-state index is 12.7. The van der Waals surface area contributed by atoms with Crippen LogP contribution in [0.25, 0.3) is 5.82 Å². The second-order valence-corrected chi connectivity index (χ2v) is 6.48. The number of carbonyl (C=O) groups excluding carboxylic acids is 1. The van der Waals surface area contributed by atoms with Crippen molar-refractivity contribution >= 4 is 5.91 Å². The number of hydrogen-bond acceptors (Lipinski definition) is 6. The average Bonchev–Trinajstić information content (AvgIpc) is 3.28. The van der Waals surface area contributed by atoms with Crippen LogP contribution >= 0.6 is 0 Å². The predicted molar refractivity (Wildman–Crippen MR) is 88.5 cm³/mol. The molecule has 4 rings (SSSR count). The number of aryl methyl sites for hydroxylation is 1. The van der Waals surface area contributed by atoms with Crippen LogP contribution in [-0.4, -0.2) is 31.0 Å². The summed E-state index contributed by atoms with van der Waals surface area (Å²) < 4.78 is 44.3. The first-order chi connectivity index (χ1) is 13.3. The molecule has 1 unspecified atom stereocenters. The zero-order chi connectivity index (χ0) is 19.9. The molecule has 3 aromatic rings. The highest BCUT2D eigenvalue weighted by molar-refractivity contribution is 5.93. The van der Waals surface area contributed by atoms with Gasteiger partial charge in [0.15, 0.2) is 11.5 Å². The van der Waals surface area contributed by atoms with Gasteiger partial charge in [-0.25, -0.2) is 14.3 Å². The highest BCUT2D eigenvalue weighted by atomic mass is 19.4. The molecule has 8 nitrogen and oxygen atoms in total. The van der Waals surface area contributed by atoms with E-state index in [1.807, 2.05) is 0 Å². The smallest absolute Gasteiger partial charge is 0.344 e. The zero-order valence-corrected chi connectivity index (χ0v) is 14.7. The third-order valence-electron chi connectivity index (χ3n) is 4.65. The van der Waals surface area contributed by atoms with Gasteiger partial charge in [-0.3, -0.25) is 4.79 Å². The van der Waals surface area contributed by atoms with Gasteiger partial charge in [-0.15, -0.1) is 0 Å². The van der Waals surface area contributed by atoms with E-state index in [9.17, 15) is 18.0 Å². The molecule has 146 valence electrons. The third kappa shape index (κ3) is 3.23. The number of aromatic nitrogens is 5. The molecule has 0 aromatic carbocycles. The Bertz CT molecular complexity index is 1010. The van der Waals surface area contributed by atoms with E-state index in [0.717, 1.165) is 29.9 Å². The minimum absolute atomic E-state index is 0.115. The van der Waals surface area contributed by atoms with Crippen molar-refractivity contribution < 1.29 is 22.6 Å². The fourth-order valence-corrected chi connectivity index (χ4v) is 3.25. The fourth-order valence-electron chi connectivity index (χ4n) is 3.25. The van der Waals surface area contributed by atoms with E-state index in [4.69, 9.17) is 0 Å². The highest BCUT2D eigenvalue weighted by Gasteiger charge is 2.31. The Morgan fingerprint density at radius 1 is 1.29 bits per heavy atom. The fraction of sp³-hybridized carbons (Fsp3) is 0.353. The number of alkyl halides is 3. The monoisotopic (exact) mass is 392 g/mol. The second-order valence-electron chi connectivity index (χ2n) is 6.48. The van der Waals surface area contributed by atoms with Crippen LogP contribution in [0.5, 0.6) is 0 Å². The van der Waals surface area contributed by atoms with Crippen LogP contribution in [-0.2, 0) is 12.6 Å². The molecule has 1 atom stereocenters. The van der Waals surface area contributed by atoms with Crippen LogP contribution in [0.4, 0.5) is 13.2 Å². The van der Waals surface area contributed by atoms with E-state index in [0.29, 0.717) is 18.5 Å². The molecule has 0 radical (unpaired) electrons. The number of nitrogens with zero attached hydrogens (tertiary/aromatic N) is 5. The molecule has 0 aliphatic heterocycles. The molecule has 28 heavy (non-hydrogen) atoms. The molecule has 0 bridgehead atoms. The van der Waals surface area contributed by atoms with E-state index in [2.05, 4.69) is 30.3 Å². The van der Waals surface area contributed by atoms with Gasteiger partial charge in [0.1, 0.15) is 5.69 Å². The summed E-state index contributed by atoms with van der Waals surface area (Å²) in [6.07, 6.45) is 0.0988. The van der Waals surface area contributed by atoms with Gasteiger partial charge in [0, 0.05) is 11.8 Å². The van der Waals surface area contributed by atoms with Crippen molar-refractivity contribution in [3.05, 3.63) is 52.7 Å². The molecule has 0 fully saturated rings. The van der Waals surface area contributed by atoms with Gasteiger partial charge in [-0.2, -0.15) is 18.3 Å². The molecule has 1 aliphatic carbocycles. The van der Waals surface area contributed by atoms with E-state index in [1.54, 1.807) is 13.1 Å². The standard InChI is InChI=1S/C17H15F3N6O2/c1-9-15(25-28-24-9)16(27)23-12-3-2-4-13-11(12)8-22-26(13)14-6-5-10(7-21-14)17(18,19)20/h5-8,12H,2-4H2,1H3,(H,23,27). The van der Waals surface area contributed by atoms with Gasteiger partial charge in [0.2, 0.25) is 0 Å². The minimum atomic E-state index is -4.45. The number of fused-ring (bicyclic) bond motifs is 1. The first-order valence-corrected chi connectivity index (χ1v) is 8.55. The highest BCUT2D eigenvalue weighted by Crippen LogP contribution is 2.32. The van der Waals surface area contributed by atoms with E-state index in [-0.39, 0.29) is 17.6 Å². The molecule has 0 saturated carbocycles. The summed E-state index contributed by atoms with van der Waals surface area (Å²) in [4.78, 5) is 16.3. The van der Waals surface area contributed by atoms with Crippen LogP contribution < -0.4 is 5.32 Å². The van der Waals surface area contributed by atoms with Gasteiger partial charge in [0.05, 0.1) is 23.5 Å². The topological polar surface area (TPSA) is 98.7 Å². The van der Waals surface area contributed by atoms with Crippen LogP contribution in [0.3, 0.4) is 0 Å². The van der Waals surface area contributed by atoms with Crippen LogP contribution in [0, 0.1) is 6.92 Å². The maximum absolute atomic E-state index is 12.7. The number of amides is 1. The molecular formula is C17H15F3N6O2. The Morgan fingerprint density at radius 3 is 2.75 bits per heavy atom. The number of hydrogen-bond donors (Lipinski definition) is 1. The number of pyridine rings is 1. The van der Waals surface area contributed by atoms with Gasteiger partial charge in [-0.05, 0) is 43.5 Å². The maximum Gasteiger partial charge on any atom is 0.417 e. The number of halogens is 3. The van der Waals surface area contributed by atoms with Crippen molar-refractivity contribution in [2.45, 2.75) is 38.4 Å². The summed E-state index contributed by atoms with van der Waals surface area (Å²) in [5.41, 5.74) is 1.29. The van der Waals surface area contributed by atoms with Crippen molar-refractivity contribution in [1.82, 2.24) is 30.4 Å². The van der Waals surface area contributed by atoms with E-state index < -0.39 is 17.6 Å². The van der Waals surface area contributed by atoms with Crippen molar-refractivity contribution in [3.63, 3.8) is 0 Å². The first kappa shape index (κ1) is 18.1. The number of nitrogens with one attached hydrogen (secondary N) is 1. The van der Waals surface area contributed by atoms with Gasteiger partial charge >= 0.3 is 6.18 Å². The molecule has 3 aromatic heterocycles. The van der Waals surface area contributed by atoms with Crippen molar-refractivity contribution in [3.8, 4) is 5.82 Å². The predicted octanol–water partition coefficient (Wildman–Crippen LogP) is 2.78. The largest absolute Gasteiger partial charge is 0.417 e. The Hall–Kier alpha value is -3.24. The first-order valence-electron chi connectivity index (χ1n) is 8.55. The minimum Gasteiger partial charge on any atom is -0.344 e. The SMILES string of the molecule is Cc1nonc1C(=O)NC1CCCc2c1cnn2-c1ccc(C(F)(F)F)cn1. The van der Waals surface area contributed by atoms with Crippen LogP contribution in [0.1, 0.15) is 51.9 Å². The summed E-state index contributed by atoms with van der Waals surface area (Å²) in [6, 6.07) is 1.96. The molecule has 1 aliphatic rings. The van der Waals surface area contributed by atoms with Crippen molar-refractivity contribution in [2.24, 2.45) is 0 Å². The quantitative estimate of drug-likeness (QED) is 0.736. The lowest BCUT2D eigenvalue weighted by molar-refractivity contribution is -0.137. The summed E-state index contributed by atoms with van der Waals surface area (Å²) >= 11 is 0. The normalized spacial score (nSPS) is 16.6. The van der Waals surface area contributed by atoms with Gasteiger partial charge in [0.25, 0.3) is 5.91 Å². The lowest BCUT2D eigenvalue weighted by Gasteiger charge is -2.23. The number of carbonyl (C=O) groups is 1. The Kier molecular flexibility index (Phi) is 4.36. The van der Waals surface area contributed by atoms with Gasteiger partial charge in [-0.1, -0.05) is 5.16 Å². The third-order valence-corrected chi connectivity index (χ3v) is 4.65. The zero-order valence-electron chi connectivity index (χ0n) is 14.7. The molecular weight excluding hydrogens is 377 g/mol. The Balaban J connectivity index is 1.59. The number of rotatable bonds is 3. The van der Waals surface area contributed by atoms with Crippen LogP contribution in [0.2, 0.25) is 0 Å². The second kappa shape index (κ2) is 6.73. The lowest BCUT2D eigenvalue weighted by atomic mass is 9.93. The van der Waals surface area contributed by atoms with E-state index >= 15 is 0 Å². The Labute approximate surface area is 156 Å². The molecule has 11 heteroatoms. The van der Waals surface area contributed by atoms with E-state index in [1.165, 1.54) is 10.7 Å². The molecule has 0 spiro atoms. The van der Waals surface area contributed by atoms with Crippen molar-refractivity contribution in [1.29, 1.82) is 0 Å². The lowest BCUT2D eigenvalue weighted by Crippen LogP contribution is -2.31. The average molecular weight is 392 g/mol. The molecule has 1 amide bonds. The van der Waals surface area contributed by atoms with Crippen LogP contribution in [0.15, 0.2) is 29.2 Å². The Morgan fingerprint density at radius 2 is 2.11 bits per heavy atom. The molecule has 3 heterocycles. The summed E-state index contributed by atoms with van der Waals surface area (Å²) in [5.74, 6) is -0.116.